The molecule has 1 fully saturated rings. The largest absolute Gasteiger partial charge is 0.459 e. The molecule has 15 heteroatoms. The van der Waals surface area contributed by atoms with Crippen LogP contribution in [0.1, 0.15) is 46.4 Å². The Hall–Kier alpha value is 0.780. The molecule has 1 N–H and O–H groups in total. The maximum atomic E-state index is 13.2. The Morgan fingerprint density at radius 3 is 1.84 bits per heavy atom. The van der Waals surface area contributed by atoms with Crippen molar-refractivity contribution in [3.8, 4) is 0 Å². The lowest BCUT2D eigenvalue weighted by molar-refractivity contribution is -0.197. The standard InChI is InChI=1S/C16H13F3I4O7S/c17-16(18,19)7(5-31(26,27)28)30-15(25)9-8(10(20)12(22)13(23)11(9)21)14(24)29-6-3-1-2-4-6/h6-7H,1-5H2,(H,26,27,28). The molecule has 1 aromatic rings. The van der Waals surface area contributed by atoms with Crippen molar-refractivity contribution in [2.45, 2.75) is 44.1 Å². The number of carbonyl (C=O) groups excluding carboxylic acids is 2. The highest BCUT2D eigenvalue weighted by atomic mass is 127. The van der Waals surface area contributed by atoms with Gasteiger partial charge >= 0.3 is 18.1 Å². The van der Waals surface area contributed by atoms with Gasteiger partial charge in [-0.2, -0.15) is 21.6 Å². The van der Waals surface area contributed by atoms with Crippen LogP contribution in [0, 0.1) is 14.3 Å². The predicted octanol–water partition coefficient (Wildman–Crippen LogP) is 5.18. The van der Waals surface area contributed by atoms with Gasteiger partial charge in [0, 0.05) is 14.3 Å². The summed E-state index contributed by atoms with van der Waals surface area (Å²) in [6.45, 7) is 0. The fraction of sp³-hybridized carbons (Fsp3) is 0.500. The highest BCUT2D eigenvalue weighted by molar-refractivity contribution is 14.1. The molecule has 1 atom stereocenters. The van der Waals surface area contributed by atoms with Crippen LogP contribution < -0.4 is 0 Å². The molecule has 0 radical (unpaired) electrons. The van der Waals surface area contributed by atoms with Crippen LogP contribution in [-0.2, 0) is 19.6 Å². The van der Waals surface area contributed by atoms with Gasteiger partial charge in [-0.25, -0.2) is 9.59 Å². The number of alkyl halides is 3. The van der Waals surface area contributed by atoms with Crippen LogP contribution in [0.25, 0.3) is 0 Å². The molecule has 174 valence electrons. The molecule has 1 aliphatic carbocycles. The first kappa shape index (κ1) is 28.0. The third-order valence-electron chi connectivity index (χ3n) is 4.23. The van der Waals surface area contributed by atoms with Gasteiger partial charge in [0.1, 0.15) is 11.9 Å². The Bertz CT molecular complexity index is 992. The molecule has 0 heterocycles. The van der Waals surface area contributed by atoms with Gasteiger partial charge in [0.15, 0.2) is 0 Å². The number of esters is 2. The Morgan fingerprint density at radius 2 is 1.42 bits per heavy atom. The summed E-state index contributed by atoms with van der Waals surface area (Å²) < 4.78 is 81.9. The number of halogens is 7. The molecule has 0 spiro atoms. The van der Waals surface area contributed by atoms with Crippen molar-refractivity contribution in [3.05, 3.63) is 25.4 Å². The smallest absolute Gasteiger partial charge is 0.426 e. The first-order valence-corrected chi connectivity index (χ1v) is 14.4. The lowest BCUT2D eigenvalue weighted by atomic mass is 10.1. The zero-order chi connectivity index (χ0) is 23.7. The molecule has 1 saturated carbocycles. The molecular formula is C16H13F3I4O7S. The zero-order valence-corrected chi connectivity index (χ0v) is 24.6. The number of hydrogen-bond donors (Lipinski definition) is 1. The van der Waals surface area contributed by atoms with Crippen LogP contribution in [-0.4, -0.2) is 49.0 Å². The minimum Gasteiger partial charge on any atom is -0.459 e. The summed E-state index contributed by atoms with van der Waals surface area (Å²) in [5, 5.41) is 0. The quantitative estimate of drug-likeness (QED) is 0.138. The maximum Gasteiger partial charge on any atom is 0.426 e. The Kier molecular flexibility index (Phi) is 9.96. The van der Waals surface area contributed by atoms with Crippen LogP contribution in [0.2, 0.25) is 0 Å². The highest BCUT2D eigenvalue weighted by Crippen LogP contribution is 2.35. The first-order chi connectivity index (χ1) is 14.1. The Labute approximate surface area is 230 Å². The van der Waals surface area contributed by atoms with Gasteiger partial charge in [-0.1, -0.05) is 0 Å². The SMILES string of the molecule is O=C(OC1CCCC1)c1c(I)c(I)c(I)c(I)c1C(=O)OC(CS(=O)(=O)O)C(F)(F)F. The van der Waals surface area contributed by atoms with Gasteiger partial charge in [0.25, 0.3) is 10.1 Å². The molecule has 31 heavy (non-hydrogen) atoms. The van der Waals surface area contributed by atoms with E-state index >= 15 is 0 Å². The molecule has 1 aliphatic rings. The van der Waals surface area contributed by atoms with Gasteiger partial charge in [-0.3, -0.25) is 4.55 Å². The van der Waals surface area contributed by atoms with E-state index in [-0.39, 0.29) is 15.2 Å². The summed E-state index contributed by atoms with van der Waals surface area (Å²) in [5.41, 5.74) is -0.679. The summed E-state index contributed by atoms with van der Waals surface area (Å²) in [4.78, 5) is 25.6. The lowest BCUT2D eigenvalue weighted by Crippen LogP contribution is -2.40. The van der Waals surface area contributed by atoms with E-state index < -0.39 is 45.7 Å². The van der Waals surface area contributed by atoms with Crippen molar-refractivity contribution < 1.29 is 45.2 Å². The monoisotopic (exact) mass is 914 g/mol. The minimum atomic E-state index is -5.26. The van der Waals surface area contributed by atoms with Crippen molar-refractivity contribution in [1.29, 1.82) is 0 Å². The predicted molar refractivity (Wildman–Crippen MR) is 137 cm³/mol. The molecule has 7 nitrogen and oxygen atoms in total. The molecule has 0 amide bonds. The van der Waals surface area contributed by atoms with Gasteiger partial charge in [-0.15, -0.1) is 0 Å². The third kappa shape index (κ3) is 7.38. The van der Waals surface area contributed by atoms with Crippen molar-refractivity contribution in [1.82, 2.24) is 0 Å². The highest BCUT2D eigenvalue weighted by Gasteiger charge is 2.46. The topological polar surface area (TPSA) is 107 Å². The fourth-order valence-electron chi connectivity index (χ4n) is 2.81. The van der Waals surface area contributed by atoms with Crippen LogP contribution in [0.15, 0.2) is 0 Å². The molecule has 0 saturated heterocycles. The zero-order valence-electron chi connectivity index (χ0n) is 15.1. The van der Waals surface area contributed by atoms with Crippen LogP contribution >= 0.6 is 90.4 Å². The van der Waals surface area contributed by atoms with Crippen molar-refractivity contribution in [2.75, 3.05) is 5.75 Å². The van der Waals surface area contributed by atoms with Crippen molar-refractivity contribution >= 4 is 112 Å². The van der Waals surface area contributed by atoms with E-state index in [0.717, 1.165) is 12.8 Å². The minimum absolute atomic E-state index is 0.166. The molecular weight excluding hydrogens is 901 g/mol. The normalized spacial score (nSPS) is 16.3. The van der Waals surface area contributed by atoms with Crippen molar-refractivity contribution in [3.63, 3.8) is 0 Å². The number of carbonyl (C=O) groups is 2. The number of ether oxygens (including phenoxy) is 2. The summed E-state index contributed by atoms with van der Waals surface area (Å²) in [6.07, 6.45) is -5.70. The molecule has 1 aromatic carbocycles. The molecule has 0 aromatic heterocycles. The van der Waals surface area contributed by atoms with Gasteiger partial charge in [-0.05, 0) is 116 Å². The average Bonchev–Trinajstić information content (AvgIpc) is 3.12. The number of hydrogen-bond acceptors (Lipinski definition) is 6. The second kappa shape index (κ2) is 11.0. The Morgan fingerprint density at radius 1 is 0.968 bits per heavy atom. The summed E-state index contributed by atoms with van der Waals surface area (Å²) in [7, 11) is -5.10. The van der Waals surface area contributed by atoms with E-state index in [2.05, 4.69) is 4.74 Å². The second-order valence-corrected chi connectivity index (χ2v) is 12.3. The maximum absolute atomic E-state index is 13.2. The van der Waals surface area contributed by atoms with E-state index in [9.17, 15) is 31.2 Å². The van der Waals surface area contributed by atoms with E-state index in [1.807, 2.05) is 45.2 Å². The van der Waals surface area contributed by atoms with E-state index in [1.54, 1.807) is 45.2 Å². The van der Waals surface area contributed by atoms with Crippen LogP contribution in [0.3, 0.4) is 0 Å². The second-order valence-electron chi connectivity index (χ2n) is 6.50. The van der Waals surface area contributed by atoms with Crippen molar-refractivity contribution in [2.24, 2.45) is 0 Å². The summed E-state index contributed by atoms with van der Waals surface area (Å²) >= 11 is 7.33. The lowest BCUT2D eigenvalue weighted by Gasteiger charge is -2.22. The summed E-state index contributed by atoms with van der Waals surface area (Å²) in [6, 6.07) is 0. The number of benzene rings is 1. The van der Waals surface area contributed by atoms with Crippen LogP contribution in [0.4, 0.5) is 13.2 Å². The number of rotatable bonds is 6. The van der Waals surface area contributed by atoms with E-state index in [4.69, 9.17) is 9.29 Å². The van der Waals surface area contributed by atoms with E-state index in [1.165, 1.54) is 0 Å². The molecule has 2 rings (SSSR count). The van der Waals surface area contributed by atoms with Gasteiger partial charge in [0.2, 0.25) is 6.10 Å². The summed E-state index contributed by atoms with van der Waals surface area (Å²) in [5.74, 6) is -4.27. The van der Waals surface area contributed by atoms with Gasteiger partial charge in [0.05, 0.1) is 11.1 Å². The molecule has 0 bridgehead atoms. The van der Waals surface area contributed by atoms with Gasteiger partial charge < -0.3 is 9.47 Å². The fourth-order valence-corrected chi connectivity index (χ4v) is 7.08. The first-order valence-electron chi connectivity index (χ1n) is 8.43. The third-order valence-corrected chi connectivity index (χ3v) is 12.4. The molecule has 1 unspecified atom stereocenters. The molecule has 0 aliphatic heterocycles. The Balaban J connectivity index is 2.52. The van der Waals surface area contributed by atoms with Crippen LogP contribution in [0.5, 0.6) is 0 Å². The van der Waals surface area contributed by atoms with E-state index in [0.29, 0.717) is 23.6 Å². The average molecular weight is 914 g/mol.